The third-order valence-electron chi connectivity index (χ3n) is 4.30. The Bertz CT molecular complexity index is 980. The molecule has 2 N–H and O–H groups in total. The maximum Gasteiger partial charge on any atom is 0.282 e. The third-order valence-corrected chi connectivity index (χ3v) is 4.30. The van der Waals surface area contributed by atoms with Crippen LogP contribution < -0.4 is 10.5 Å². The van der Waals surface area contributed by atoms with E-state index in [2.05, 4.69) is 15.2 Å². The van der Waals surface area contributed by atoms with Crippen LogP contribution in [0.3, 0.4) is 0 Å². The second-order valence-electron chi connectivity index (χ2n) is 6.52. The van der Waals surface area contributed by atoms with Gasteiger partial charge >= 0.3 is 0 Å². The number of alkyl halides is 2. The van der Waals surface area contributed by atoms with Gasteiger partial charge in [-0.05, 0) is 43.2 Å². The summed E-state index contributed by atoms with van der Waals surface area (Å²) in [7, 11) is 0. The summed E-state index contributed by atoms with van der Waals surface area (Å²) in [6, 6.07) is 8.18. The highest BCUT2D eigenvalue weighted by Crippen LogP contribution is 2.41. The molecule has 1 saturated carbocycles. The molecule has 8 nitrogen and oxygen atoms in total. The highest BCUT2D eigenvalue weighted by Gasteiger charge is 2.30. The van der Waals surface area contributed by atoms with Crippen LogP contribution in [0.15, 0.2) is 34.9 Å². The summed E-state index contributed by atoms with van der Waals surface area (Å²) in [5.41, 5.74) is 6.24. The van der Waals surface area contributed by atoms with Gasteiger partial charge in [0.1, 0.15) is 18.0 Å². The highest BCUT2D eigenvalue weighted by molar-refractivity contribution is 5.75. The molecule has 0 saturated heterocycles. The molecule has 1 aliphatic rings. The predicted octanol–water partition coefficient (Wildman–Crippen LogP) is 2.66. The number of amides is 1. The van der Waals surface area contributed by atoms with Crippen LogP contribution in [0.25, 0.3) is 11.4 Å². The molecule has 1 fully saturated rings. The second-order valence-corrected chi connectivity index (χ2v) is 6.52. The number of nitrogens with two attached hydrogens (primary N) is 1. The molecule has 0 aliphatic heterocycles. The summed E-state index contributed by atoms with van der Waals surface area (Å²) in [5.74, 6) is 0.804. The molecule has 3 aromatic rings. The van der Waals surface area contributed by atoms with E-state index in [1.54, 1.807) is 24.3 Å². The quantitative estimate of drug-likeness (QED) is 0.634. The Morgan fingerprint density at radius 2 is 2.07 bits per heavy atom. The number of halogens is 2. The van der Waals surface area contributed by atoms with Crippen molar-refractivity contribution in [2.24, 2.45) is 5.73 Å². The Kier molecular flexibility index (Phi) is 4.76. The molecule has 2 aromatic heterocycles. The van der Waals surface area contributed by atoms with E-state index >= 15 is 0 Å². The molecule has 0 radical (unpaired) electrons. The molecule has 4 rings (SSSR count). The zero-order valence-electron chi connectivity index (χ0n) is 14.7. The third kappa shape index (κ3) is 4.00. The molecular weight excluding hydrogens is 372 g/mol. The minimum Gasteiger partial charge on any atom is -0.484 e. The fraction of sp³-hybridized carbons (Fsp3) is 0.333. The van der Waals surface area contributed by atoms with Gasteiger partial charge in [0.25, 0.3) is 12.3 Å². The number of carbonyl (C=O) groups excluding carboxylic acids is 1. The second kappa shape index (κ2) is 7.37. The van der Waals surface area contributed by atoms with E-state index in [1.165, 1.54) is 10.7 Å². The number of hydrogen-bond acceptors (Lipinski definition) is 6. The van der Waals surface area contributed by atoms with E-state index in [4.69, 9.17) is 15.0 Å². The lowest BCUT2D eigenvalue weighted by molar-refractivity contribution is -0.119. The molecule has 2 heterocycles. The van der Waals surface area contributed by atoms with Gasteiger partial charge in [0, 0.05) is 17.2 Å². The van der Waals surface area contributed by atoms with Crippen LogP contribution in [-0.4, -0.2) is 32.4 Å². The molecule has 0 bridgehead atoms. The summed E-state index contributed by atoms with van der Waals surface area (Å²) in [5, 5.41) is 7.91. The maximum absolute atomic E-state index is 13.0. The van der Waals surface area contributed by atoms with Crippen molar-refractivity contribution in [3.63, 3.8) is 0 Å². The molecule has 0 unspecified atom stereocenters. The summed E-state index contributed by atoms with van der Waals surface area (Å²) < 4.78 is 37.9. The Morgan fingerprint density at radius 1 is 1.32 bits per heavy atom. The van der Waals surface area contributed by atoms with E-state index in [-0.39, 0.29) is 30.7 Å². The van der Waals surface area contributed by atoms with Crippen LogP contribution in [-0.2, 0) is 11.3 Å². The minimum absolute atomic E-state index is 0.130. The molecule has 28 heavy (non-hydrogen) atoms. The monoisotopic (exact) mass is 389 g/mol. The highest BCUT2D eigenvalue weighted by atomic mass is 19.3. The fourth-order valence-electron chi connectivity index (χ4n) is 2.81. The van der Waals surface area contributed by atoms with Crippen molar-refractivity contribution in [3.05, 3.63) is 47.6 Å². The lowest BCUT2D eigenvalue weighted by atomic mass is 10.2. The zero-order valence-corrected chi connectivity index (χ0v) is 14.7. The Labute approximate surface area is 158 Å². The van der Waals surface area contributed by atoms with Crippen LogP contribution in [0.5, 0.6) is 5.75 Å². The minimum atomic E-state index is -2.62. The van der Waals surface area contributed by atoms with Gasteiger partial charge in [-0.2, -0.15) is 10.1 Å². The van der Waals surface area contributed by atoms with Gasteiger partial charge in [0.05, 0.1) is 0 Å². The first-order valence-corrected chi connectivity index (χ1v) is 8.69. The molecule has 146 valence electrons. The standard InChI is InChI=1S/C18H17F2N5O3/c19-17(20)13-7-14(10-1-2-10)25(23-13)8-16-22-18(24-28-16)11-3-5-12(6-4-11)27-9-15(21)26/h3-7,10,17H,1-2,8-9H2,(H2,21,26). The lowest BCUT2D eigenvalue weighted by Gasteiger charge is -2.03. The van der Waals surface area contributed by atoms with Gasteiger partial charge in [0.2, 0.25) is 11.7 Å². The van der Waals surface area contributed by atoms with Gasteiger partial charge in [-0.25, -0.2) is 8.78 Å². The van der Waals surface area contributed by atoms with Crippen LogP contribution in [0, 0.1) is 0 Å². The van der Waals surface area contributed by atoms with Gasteiger partial charge in [-0.15, -0.1) is 0 Å². The van der Waals surface area contributed by atoms with E-state index in [0.717, 1.165) is 18.5 Å². The van der Waals surface area contributed by atoms with Crippen LogP contribution in [0.2, 0.25) is 0 Å². The van der Waals surface area contributed by atoms with E-state index in [1.807, 2.05) is 0 Å². The molecule has 10 heteroatoms. The number of carbonyl (C=O) groups is 1. The number of hydrogen-bond donors (Lipinski definition) is 1. The first-order chi connectivity index (χ1) is 13.5. The normalized spacial score (nSPS) is 13.8. The Morgan fingerprint density at radius 3 is 2.71 bits per heavy atom. The lowest BCUT2D eigenvalue weighted by Crippen LogP contribution is -2.19. The maximum atomic E-state index is 13.0. The molecule has 0 spiro atoms. The van der Waals surface area contributed by atoms with Crippen molar-refractivity contribution < 1.29 is 22.8 Å². The fourth-order valence-corrected chi connectivity index (χ4v) is 2.81. The van der Waals surface area contributed by atoms with Crippen LogP contribution >= 0.6 is 0 Å². The number of benzene rings is 1. The van der Waals surface area contributed by atoms with E-state index in [9.17, 15) is 13.6 Å². The first kappa shape index (κ1) is 18.1. The summed E-state index contributed by atoms with van der Waals surface area (Å²) in [6.45, 7) is -0.0785. The summed E-state index contributed by atoms with van der Waals surface area (Å²) >= 11 is 0. The first-order valence-electron chi connectivity index (χ1n) is 8.69. The van der Waals surface area contributed by atoms with E-state index < -0.39 is 12.3 Å². The molecule has 0 atom stereocenters. The van der Waals surface area contributed by atoms with Crippen molar-refractivity contribution in [3.8, 4) is 17.1 Å². The number of rotatable bonds is 8. The van der Waals surface area contributed by atoms with Gasteiger partial charge in [-0.3, -0.25) is 9.48 Å². The molecular formula is C18H17F2N5O3. The van der Waals surface area contributed by atoms with Crippen LogP contribution in [0.4, 0.5) is 8.78 Å². The van der Waals surface area contributed by atoms with Crippen molar-refractivity contribution in [1.29, 1.82) is 0 Å². The number of aromatic nitrogens is 4. The van der Waals surface area contributed by atoms with Crippen LogP contribution in [0.1, 0.15) is 42.5 Å². The van der Waals surface area contributed by atoms with Gasteiger partial charge in [0.15, 0.2) is 6.61 Å². The van der Waals surface area contributed by atoms with Gasteiger partial charge in [-0.1, -0.05) is 5.16 Å². The van der Waals surface area contributed by atoms with Crippen molar-refractivity contribution in [1.82, 2.24) is 19.9 Å². The summed E-state index contributed by atoms with van der Waals surface area (Å²) in [4.78, 5) is 15.1. The van der Waals surface area contributed by atoms with Crippen molar-refractivity contribution in [2.75, 3.05) is 6.61 Å². The molecule has 1 amide bonds. The Balaban J connectivity index is 1.48. The molecule has 1 aliphatic carbocycles. The summed E-state index contributed by atoms with van der Waals surface area (Å²) in [6.07, 6.45) is -0.686. The average Bonchev–Trinajstić information content (AvgIpc) is 3.26. The average molecular weight is 389 g/mol. The molecule has 1 aromatic carbocycles. The number of ether oxygens (including phenoxy) is 1. The van der Waals surface area contributed by atoms with Crippen molar-refractivity contribution >= 4 is 5.91 Å². The van der Waals surface area contributed by atoms with Crippen molar-refractivity contribution in [2.45, 2.75) is 31.7 Å². The zero-order chi connectivity index (χ0) is 19.7. The Hall–Kier alpha value is -3.30. The van der Waals surface area contributed by atoms with Gasteiger partial charge < -0.3 is 15.0 Å². The number of primary amides is 1. The van der Waals surface area contributed by atoms with E-state index in [0.29, 0.717) is 17.1 Å². The SMILES string of the molecule is NC(=O)COc1ccc(-c2noc(Cn3nc(C(F)F)cc3C3CC3)n2)cc1. The number of nitrogens with zero attached hydrogens (tertiary/aromatic N) is 4. The topological polar surface area (TPSA) is 109 Å². The predicted molar refractivity (Wildman–Crippen MR) is 92.7 cm³/mol. The smallest absolute Gasteiger partial charge is 0.282 e. The largest absolute Gasteiger partial charge is 0.484 e.